The zero-order valence-electron chi connectivity index (χ0n) is 10.4. The van der Waals surface area contributed by atoms with E-state index < -0.39 is 23.6 Å². The highest BCUT2D eigenvalue weighted by Gasteiger charge is 2.60. The molecule has 1 aromatic rings. The number of carbonyl (C=O) groups is 2. The molecule has 0 bridgehead atoms. The SMILES string of the molecule is COC(=O)C1(C(F)F)Cc2cccc(OC)c2C1=O. The number of halogens is 2. The van der Waals surface area contributed by atoms with Crippen molar-refractivity contribution in [2.24, 2.45) is 5.41 Å². The second-order valence-electron chi connectivity index (χ2n) is 4.26. The van der Waals surface area contributed by atoms with Crippen molar-refractivity contribution >= 4 is 11.8 Å². The average Bonchev–Trinajstić information content (AvgIpc) is 2.72. The van der Waals surface area contributed by atoms with Gasteiger partial charge in [0.1, 0.15) is 5.75 Å². The molecule has 0 N–H and O–H groups in total. The van der Waals surface area contributed by atoms with E-state index in [0.29, 0.717) is 5.56 Å². The number of ketones is 1. The van der Waals surface area contributed by atoms with Crippen molar-refractivity contribution in [3.63, 3.8) is 0 Å². The molecule has 1 aliphatic rings. The Morgan fingerprint density at radius 1 is 1.37 bits per heavy atom. The van der Waals surface area contributed by atoms with Gasteiger partial charge in [0.2, 0.25) is 0 Å². The predicted molar refractivity (Wildman–Crippen MR) is 61.5 cm³/mol. The Labute approximate surface area is 108 Å². The normalized spacial score (nSPS) is 21.4. The lowest BCUT2D eigenvalue weighted by atomic mass is 9.84. The van der Waals surface area contributed by atoms with Crippen LogP contribution >= 0.6 is 0 Å². The van der Waals surface area contributed by atoms with Crippen molar-refractivity contribution in [2.45, 2.75) is 12.8 Å². The number of alkyl halides is 2. The molecule has 0 heterocycles. The quantitative estimate of drug-likeness (QED) is 0.621. The minimum Gasteiger partial charge on any atom is -0.496 e. The van der Waals surface area contributed by atoms with Crippen molar-refractivity contribution in [1.82, 2.24) is 0 Å². The first-order chi connectivity index (χ1) is 8.98. The Kier molecular flexibility index (Phi) is 3.26. The third-order valence-corrected chi connectivity index (χ3v) is 3.36. The van der Waals surface area contributed by atoms with Crippen molar-refractivity contribution in [3.05, 3.63) is 29.3 Å². The Bertz CT molecular complexity index is 541. The van der Waals surface area contributed by atoms with E-state index in [9.17, 15) is 18.4 Å². The summed E-state index contributed by atoms with van der Waals surface area (Å²) in [6.45, 7) is 0. The van der Waals surface area contributed by atoms with Gasteiger partial charge in [-0.05, 0) is 11.6 Å². The third kappa shape index (κ3) is 1.70. The van der Waals surface area contributed by atoms with E-state index in [1.165, 1.54) is 19.2 Å². The molecule has 19 heavy (non-hydrogen) atoms. The second-order valence-corrected chi connectivity index (χ2v) is 4.26. The summed E-state index contributed by atoms with van der Waals surface area (Å²) < 4.78 is 36.0. The molecule has 6 heteroatoms. The smallest absolute Gasteiger partial charge is 0.326 e. The number of esters is 1. The molecule has 1 atom stereocenters. The highest BCUT2D eigenvalue weighted by molar-refractivity contribution is 6.17. The maximum absolute atomic E-state index is 13.3. The summed E-state index contributed by atoms with van der Waals surface area (Å²) in [5.41, 5.74) is -2.04. The molecule has 1 aromatic carbocycles. The predicted octanol–water partition coefficient (Wildman–Crippen LogP) is 1.86. The van der Waals surface area contributed by atoms with Crippen LogP contribution < -0.4 is 4.74 Å². The first kappa shape index (κ1) is 13.5. The van der Waals surface area contributed by atoms with E-state index in [-0.39, 0.29) is 17.7 Å². The second kappa shape index (κ2) is 4.60. The molecule has 0 radical (unpaired) electrons. The molecule has 2 rings (SSSR count). The number of hydrogen-bond donors (Lipinski definition) is 0. The number of carbonyl (C=O) groups excluding carboxylic acids is 2. The molecule has 0 aromatic heterocycles. The van der Waals surface area contributed by atoms with E-state index in [4.69, 9.17) is 4.74 Å². The first-order valence-electron chi connectivity index (χ1n) is 5.56. The lowest BCUT2D eigenvalue weighted by Crippen LogP contribution is -2.44. The van der Waals surface area contributed by atoms with Gasteiger partial charge in [0.15, 0.2) is 11.2 Å². The molecule has 1 aliphatic carbocycles. The van der Waals surface area contributed by atoms with Crippen LogP contribution in [0.1, 0.15) is 15.9 Å². The molecular weight excluding hydrogens is 258 g/mol. The van der Waals surface area contributed by atoms with Crippen LogP contribution in [0.2, 0.25) is 0 Å². The van der Waals surface area contributed by atoms with Crippen LogP contribution in [0.5, 0.6) is 5.75 Å². The summed E-state index contributed by atoms with van der Waals surface area (Å²) in [4.78, 5) is 24.0. The van der Waals surface area contributed by atoms with Crippen molar-refractivity contribution in [2.75, 3.05) is 14.2 Å². The summed E-state index contributed by atoms with van der Waals surface area (Å²) >= 11 is 0. The van der Waals surface area contributed by atoms with Gasteiger partial charge in [-0.15, -0.1) is 0 Å². The van der Waals surface area contributed by atoms with Gasteiger partial charge in [-0.2, -0.15) is 0 Å². The zero-order chi connectivity index (χ0) is 14.2. The van der Waals surface area contributed by atoms with E-state index in [1.807, 2.05) is 0 Å². The van der Waals surface area contributed by atoms with E-state index >= 15 is 0 Å². The van der Waals surface area contributed by atoms with Gasteiger partial charge in [0.25, 0.3) is 6.43 Å². The molecule has 1 unspecified atom stereocenters. The lowest BCUT2D eigenvalue weighted by Gasteiger charge is -2.22. The summed E-state index contributed by atoms with van der Waals surface area (Å²) in [5, 5.41) is 0. The summed E-state index contributed by atoms with van der Waals surface area (Å²) in [5.74, 6) is -1.97. The summed E-state index contributed by atoms with van der Waals surface area (Å²) in [6.07, 6.45) is -3.51. The van der Waals surface area contributed by atoms with E-state index in [2.05, 4.69) is 4.74 Å². The largest absolute Gasteiger partial charge is 0.496 e. The topological polar surface area (TPSA) is 52.6 Å². The molecule has 0 saturated carbocycles. The summed E-state index contributed by atoms with van der Waals surface area (Å²) in [7, 11) is 2.32. The minimum absolute atomic E-state index is 0.0377. The maximum atomic E-state index is 13.3. The van der Waals surface area contributed by atoms with Gasteiger partial charge in [0, 0.05) is 6.42 Å². The maximum Gasteiger partial charge on any atom is 0.326 e. The molecule has 0 fully saturated rings. The average molecular weight is 270 g/mol. The molecule has 4 nitrogen and oxygen atoms in total. The number of methoxy groups -OCH3 is 2. The van der Waals surface area contributed by atoms with Crippen LogP contribution in [0.15, 0.2) is 18.2 Å². The fraction of sp³-hybridized carbons (Fsp3) is 0.385. The monoisotopic (exact) mass is 270 g/mol. The number of hydrogen-bond acceptors (Lipinski definition) is 4. The number of rotatable bonds is 3. The standard InChI is InChI=1S/C13H12F2O4/c1-18-8-5-3-4-7-6-13(11(14)15,12(17)19-2)10(16)9(7)8/h3-5,11H,6H2,1-2H3. The lowest BCUT2D eigenvalue weighted by molar-refractivity contribution is -0.157. The number of Topliss-reactive ketones (excluding diaryl/α,β-unsaturated/α-hetero) is 1. The molecule has 0 spiro atoms. The molecule has 0 amide bonds. The van der Waals surface area contributed by atoms with Crippen LogP contribution in [0, 0.1) is 5.41 Å². The van der Waals surface area contributed by atoms with E-state index in [1.54, 1.807) is 6.07 Å². The van der Waals surface area contributed by atoms with Gasteiger partial charge < -0.3 is 9.47 Å². The number of benzene rings is 1. The van der Waals surface area contributed by atoms with Crippen LogP contribution in [0.25, 0.3) is 0 Å². The Morgan fingerprint density at radius 3 is 2.58 bits per heavy atom. The number of fused-ring (bicyclic) bond motifs is 1. The van der Waals surface area contributed by atoms with Gasteiger partial charge in [-0.25, -0.2) is 8.78 Å². The van der Waals surface area contributed by atoms with Gasteiger partial charge in [0.05, 0.1) is 19.8 Å². The van der Waals surface area contributed by atoms with Gasteiger partial charge in [-0.3, -0.25) is 9.59 Å². The first-order valence-corrected chi connectivity index (χ1v) is 5.56. The fourth-order valence-corrected chi connectivity index (χ4v) is 2.37. The van der Waals surface area contributed by atoms with Gasteiger partial charge >= 0.3 is 5.97 Å². The van der Waals surface area contributed by atoms with Crippen LogP contribution in [-0.4, -0.2) is 32.4 Å². The van der Waals surface area contributed by atoms with Crippen molar-refractivity contribution in [1.29, 1.82) is 0 Å². The Balaban J connectivity index is 2.61. The van der Waals surface area contributed by atoms with Crippen LogP contribution in [0.4, 0.5) is 8.78 Å². The molecule has 102 valence electrons. The third-order valence-electron chi connectivity index (χ3n) is 3.36. The van der Waals surface area contributed by atoms with Crippen LogP contribution in [-0.2, 0) is 16.0 Å². The zero-order valence-corrected chi connectivity index (χ0v) is 10.4. The highest BCUT2D eigenvalue weighted by atomic mass is 19.3. The highest BCUT2D eigenvalue weighted by Crippen LogP contribution is 2.45. The number of ether oxygens (including phenoxy) is 2. The summed E-state index contributed by atoms with van der Waals surface area (Å²) in [6, 6.07) is 4.61. The van der Waals surface area contributed by atoms with Gasteiger partial charge in [-0.1, -0.05) is 12.1 Å². The van der Waals surface area contributed by atoms with Crippen molar-refractivity contribution in [3.8, 4) is 5.75 Å². The molecule has 0 saturated heterocycles. The van der Waals surface area contributed by atoms with Crippen LogP contribution in [0.3, 0.4) is 0 Å². The Morgan fingerprint density at radius 2 is 2.05 bits per heavy atom. The molecule has 0 aliphatic heterocycles. The van der Waals surface area contributed by atoms with Crippen molar-refractivity contribution < 1.29 is 27.8 Å². The van der Waals surface area contributed by atoms with E-state index in [0.717, 1.165) is 7.11 Å². The Hall–Kier alpha value is -1.98. The minimum atomic E-state index is -3.13. The fourth-order valence-electron chi connectivity index (χ4n) is 2.37. The molecular formula is C13H12F2O4.